The summed E-state index contributed by atoms with van der Waals surface area (Å²) < 4.78 is 53.7. The molecule has 0 fully saturated rings. The number of aromatic nitrogens is 3. The van der Waals surface area contributed by atoms with Gasteiger partial charge >= 0.3 is 6.18 Å². The van der Waals surface area contributed by atoms with Gasteiger partial charge in [0, 0.05) is 17.3 Å². The van der Waals surface area contributed by atoms with Gasteiger partial charge in [0.2, 0.25) is 11.2 Å². The third kappa shape index (κ3) is 3.14. The van der Waals surface area contributed by atoms with Crippen LogP contribution in [0.25, 0.3) is 10.8 Å². The van der Waals surface area contributed by atoms with Crippen LogP contribution in [0, 0.1) is 6.92 Å². The van der Waals surface area contributed by atoms with Gasteiger partial charge in [-0.15, -0.1) is 0 Å². The lowest BCUT2D eigenvalue weighted by Crippen LogP contribution is -2.11. The highest BCUT2D eigenvalue weighted by molar-refractivity contribution is 6.28. The maximum absolute atomic E-state index is 13.2. The molecular formula is C16H13ClF4N4O. The minimum atomic E-state index is -4.70. The lowest BCUT2D eigenvalue weighted by Gasteiger charge is -2.14. The van der Waals surface area contributed by atoms with Gasteiger partial charge in [0.25, 0.3) is 0 Å². The average Bonchev–Trinajstić information content (AvgIpc) is 2.80. The number of anilines is 2. The Kier molecular flexibility index (Phi) is 4.66. The zero-order valence-electron chi connectivity index (χ0n) is 13.4. The van der Waals surface area contributed by atoms with Crippen molar-refractivity contribution in [1.82, 2.24) is 14.5 Å². The Morgan fingerprint density at radius 1 is 1.31 bits per heavy atom. The molecule has 2 heterocycles. The molecule has 2 aromatic heterocycles. The first-order valence-electron chi connectivity index (χ1n) is 7.47. The second-order valence-electron chi connectivity index (χ2n) is 5.50. The van der Waals surface area contributed by atoms with Crippen molar-refractivity contribution in [2.75, 3.05) is 12.0 Å². The standard InChI is InChI=1S/C16H13ClF4N4O/c1-8-9-3-2-4-11(12(9)14(26)25(8)6-5-18)23-13-10(16(19,20)21)7-22-15(17)24-13/h2-4,7,26H,5-6H2,1H3,(H,22,23,24). The number of fused-ring (bicyclic) bond motifs is 1. The van der Waals surface area contributed by atoms with Gasteiger partial charge < -0.3 is 15.0 Å². The minimum absolute atomic E-state index is 0.0705. The van der Waals surface area contributed by atoms with Crippen LogP contribution in [0.15, 0.2) is 24.4 Å². The molecule has 0 saturated heterocycles. The number of nitrogens with one attached hydrogen (secondary N) is 1. The monoisotopic (exact) mass is 388 g/mol. The van der Waals surface area contributed by atoms with Crippen molar-refractivity contribution in [1.29, 1.82) is 0 Å². The molecular weight excluding hydrogens is 376 g/mol. The van der Waals surface area contributed by atoms with Crippen LogP contribution < -0.4 is 5.32 Å². The van der Waals surface area contributed by atoms with Gasteiger partial charge in [-0.25, -0.2) is 9.37 Å². The van der Waals surface area contributed by atoms with Crippen molar-refractivity contribution in [2.24, 2.45) is 0 Å². The number of rotatable bonds is 4. The van der Waals surface area contributed by atoms with Crippen molar-refractivity contribution in [3.05, 3.63) is 40.9 Å². The Hall–Kier alpha value is -2.55. The van der Waals surface area contributed by atoms with E-state index in [1.807, 2.05) is 0 Å². The first kappa shape index (κ1) is 18.2. The van der Waals surface area contributed by atoms with E-state index in [-0.39, 0.29) is 28.8 Å². The van der Waals surface area contributed by atoms with E-state index in [1.165, 1.54) is 10.6 Å². The fourth-order valence-corrected chi connectivity index (χ4v) is 2.92. The molecule has 138 valence electrons. The lowest BCUT2D eigenvalue weighted by atomic mass is 10.1. The molecule has 0 bridgehead atoms. The SMILES string of the molecule is Cc1c2cccc(Nc3nc(Cl)ncc3C(F)(F)F)c2c(O)n1CCF. The summed E-state index contributed by atoms with van der Waals surface area (Å²) in [5.41, 5.74) is -0.324. The largest absolute Gasteiger partial charge is 0.494 e. The molecule has 0 radical (unpaired) electrons. The molecule has 5 nitrogen and oxygen atoms in total. The zero-order chi connectivity index (χ0) is 19.1. The first-order valence-corrected chi connectivity index (χ1v) is 7.85. The van der Waals surface area contributed by atoms with E-state index in [2.05, 4.69) is 15.3 Å². The maximum atomic E-state index is 13.2. The number of aromatic hydroxyl groups is 1. The number of benzene rings is 1. The van der Waals surface area contributed by atoms with E-state index in [0.29, 0.717) is 17.3 Å². The smallest absolute Gasteiger partial charge is 0.421 e. The minimum Gasteiger partial charge on any atom is -0.494 e. The van der Waals surface area contributed by atoms with E-state index in [0.717, 1.165) is 0 Å². The molecule has 0 aliphatic carbocycles. The number of aryl methyl sites for hydroxylation is 1. The molecule has 0 saturated carbocycles. The van der Waals surface area contributed by atoms with Gasteiger partial charge in [0.1, 0.15) is 18.1 Å². The molecule has 1 aromatic carbocycles. The highest BCUT2D eigenvalue weighted by atomic mass is 35.5. The number of hydrogen-bond donors (Lipinski definition) is 2. The summed E-state index contributed by atoms with van der Waals surface area (Å²) in [6.45, 7) is 0.918. The van der Waals surface area contributed by atoms with Crippen LogP contribution in [0.1, 0.15) is 11.3 Å². The molecule has 0 aliphatic heterocycles. The van der Waals surface area contributed by atoms with Crippen molar-refractivity contribution in [3.63, 3.8) is 0 Å². The summed E-state index contributed by atoms with van der Waals surface area (Å²) in [6.07, 6.45) is -4.11. The summed E-state index contributed by atoms with van der Waals surface area (Å²) in [7, 11) is 0. The maximum Gasteiger partial charge on any atom is 0.421 e. The normalized spacial score (nSPS) is 11.9. The van der Waals surface area contributed by atoms with Crippen LogP contribution in [-0.4, -0.2) is 26.3 Å². The van der Waals surface area contributed by atoms with Gasteiger partial charge in [-0.2, -0.15) is 18.2 Å². The predicted octanol–water partition coefficient (Wildman–Crippen LogP) is 4.83. The molecule has 3 rings (SSSR count). The fourth-order valence-electron chi connectivity index (χ4n) is 2.79. The van der Waals surface area contributed by atoms with E-state index in [1.54, 1.807) is 19.1 Å². The number of alkyl halides is 4. The lowest BCUT2D eigenvalue weighted by molar-refractivity contribution is -0.137. The van der Waals surface area contributed by atoms with Crippen molar-refractivity contribution in [2.45, 2.75) is 19.6 Å². The summed E-state index contributed by atoms with van der Waals surface area (Å²) >= 11 is 5.63. The van der Waals surface area contributed by atoms with Crippen LogP contribution >= 0.6 is 11.6 Å². The average molecular weight is 389 g/mol. The van der Waals surface area contributed by atoms with Gasteiger partial charge in [-0.3, -0.25) is 0 Å². The Morgan fingerprint density at radius 3 is 2.69 bits per heavy atom. The van der Waals surface area contributed by atoms with Gasteiger partial charge in [0.15, 0.2) is 0 Å². The van der Waals surface area contributed by atoms with Crippen LogP contribution in [0.2, 0.25) is 5.28 Å². The molecule has 3 aromatic rings. The first-order chi connectivity index (χ1) is 12.2. The summed E-state index contributed by atoms with van der Waals surface area (Å²) in [6, 6.07) is 4.77. The number of halogens is 5. The molecule has 0 atom stereocenters. The van der Waals surface area contributed by atoms with Crippen LogP contribution in [-0.2, 0) is 12.7 Å². The second-order valence-corrected chi connectivity index (χ2v) is 5.84. The third-order valence-corrected chi connectivity index (χ3v) is 4.15. The van der Waals surface area contributed by atoms with Crippen molar-refractivity contribution < 1.29 is 22.7 Å². The van der Waals surface area contributed by atoms with E-state index in [4.69, 9.17) is 11.6 Å². The van der Waals surface area contributed by atoms with Gasteiger partial charge in [-0.1, -0.05) is 12.1 Å². The van der Waals surface area contributed by atoms with E-state index >= 15 is 0 Å². The predicted molar refractivity (Wildman–Crippen MR) is 89.6 cm³/mol. The van der Waals surface area contributed by atoms with Crippen LogP contribution in [0.5, 0.6) is 5.88 Å². The summed E-state index contributed by atoms with van der Waals surface area (Å²) in [4.78, 5) is 6.98. The van der Waals surface area contributed by atoms with Crippen molar-refractivity contribution in [3.8, 4) is 5.88 Å². The molecule has 0 spiro atoms. The molecule has 2 N–H and O–H groups in total. The van der Waals surface area contributed by atoms with Gasteiger partial charge in [0.05, 0.1) is 17.6 Å². The molecule has 10 heteroatoms. The third-order valence-electron chi connectivity index (χ3n) is 3.96. The zero-order valence-corrected chi connectivity index (χ0v) is 14.2. The highest BCUT2D eigenvalue weighted by Crippen LogP contribution is 2.40. The molecule has 26 heavy (non-hydrogen) atoms. The highest BCUT2D eigenvalue weighted by Gasteiger charge is 2.35. The second kappa shape index (κ2) is 6.64. The summed E-state index contributed by atoms with van der Waals surface area (Å²) in [5.74, 6) is -0.785. The van der Waals surface area contributed by atoms with E-state index in [9.17, 15) is 22.7 Å². The van der Waals surface area contributed by atoms with Gasteiger partial charge in [-0.05, 0) is 24.6 Å². The quantitative estimate of drug-likeness (QED) is 0.496. The number of hydrogen-bond acceptors (Lipinski definition) is 4. The Bertz CT molecular complexity index is 971. The van der Waals surface area contributed by atoms with E-state index < -0.39 is 24.2 Å². The fraction of sp³-hybridized carbons (Fsp3) is 0.250. The Labute approximate surface area is 150 Å². The van der Waals surface area contributed by atoms with Crippen LogP contribution in [0.3, 0.4) is 0 Å². The molecule has 0 unspecified atom stereocenters. The Morgan fingerprint density at radius 2 is 2.04 bits per heavy atom. The van der Waals surface area contributed by atoms with Crippen LogP contribution in [0.4, 0.5) is 29.1 Å². The van der Waals surface area contributed by atoms with Crippen molar-refractivity contribution >= 4 is 33.9 Å². The molecule has 0 aliphatic rings. The molecule has 0 amide bonds. The Balaban J connectivity index is 2.17. The topological polar surface area (TPSA) is 63.0 Å². The summed E-state index contributed by atoms with van der Waals surface area (Å²) in [5, 5.41) is 13.5. The number of nitrogens with zero attached hydrogens (tertiary/aromatic N) is 3.